The highest BCUT2D eigenvalue weighted by Crippen LogP contribution is 2.38. The molecule has 3 aromatic heterocycles. The SMILES string of the molecule is Cc1cc(Nc2nc(N[C@@H]3C[C@H]4CC[C@@H](C3)N4C(=O)OC(C)(C)C)c3cc[nH]c3n2)n[nH]1. The lowest BCUT2D eigenvalue weighted by Crippen LogP contribution is -2.51. The Morgan fingerprint density at radius 3 is 2.62 bits per heavy atom. The zero-order chi connectivity index (χ0) is 22.5. The number of piperidine rings is 1. The van der Waals surface area contributed by atoms with Crippen molar-refractivity contribution in [3.05, 3.63) is 24.0 Å². The van der Waals surface area contributed by atoms with Gasteiger partial charge in [0.05, 0.1) is 5.39 Å². The highest BCUT2D eigenvalue weighted by atomic mass is 16.6. The topological polar surface area (TPSA) is 124 Å². The van der Waals surface area contributed by atoms with Crippen molar-refractivity contribution < 1.29 is 9.53 Å². The Morgan fingerprint density at radius 1 is 1.22 bits per heavy atom. The Balaban J connectivity index is 1.33. The first kappa shape index (κ1) is 20.6. The van der Waals surface area contributed by atoms with Gasteiger partial charge in [-0.2, -0.15) is 15.1 Å². The number of rotatable bonds is 4. The van der Waals surface area contributed by atoms with Gasteiger partial charge in [-0.1, -0.05) is 0 Å². The van der Waals surface area contributed by atoms with Crippen molar-refractivity contribution >= 4 is 34.7 Å². The van der Waals surface area contributed by atoms with Crippen LogP contribution in [0.3, 0.4) is 0 Å². The number of carbonyl (C=O) groups is 1. The van der Waals surface area contributed by atoms with E-state index in [0.29, 0.717) is 11.8 Å². The molecule has 2 aliphatic heterocycles. The summed E-state index contributed by atoms with van der Waals surface area (Å²) in [6.07, 6.45) is 5.43. The van der Waals surface area contributed by atoms with Crippen LogP contribution in [0.2, 0.25) is 0 Å². The molecule has 10 heteroatoms. The normalized spacial score (nSPS) is 22.9. The molecule has 5 rings (SSSR count). The Morgan fingerprint density at radius 2 is 1.97 bits per heavy atom. The fourth-order valence-corrected chi connectivity index (χ4v) is 4.80. The summed E-state index contributed by atoms with van der Waals surface area (Å²) in [7, 11) is 0. The quantitative estimate of drug-likeness (QED) is 0.484. The standard InChI is InChI=1S/C22H30N8O2/c1-12-9-17(29-28-12)25-20-26-18-16(7-8-23-18)19(27-20)24-13-10-14-5-6-15(11-13)30(14)21(31)32-22(2,3)4/h7-9,13-15H,5-6,10-11H2,1-4H3,(H4,23,24,25,26,27,28,29)/t13-,14-,15+. The monoisotopic (exact) mass is 438 g/mol. The zero-order valence-electron chi connectivity index (χ0n) is 18.9. The molecule has 0 saturated carbocycles. The predicted octanol–water partition coefficient (Wildman–Crippen LogP) is 4.08. The largest absolute Gasteiger partial charge is 0.444 e. The van der Waals surface area contributed by atoms with Gasteiger partial charge in [0.15, 0.2) is 5.82 Å². The van der Waals surface area contributed by atoms with E-state index in [1.165, 1.54) is 0 Å². The summed E-state index contributed by atoms with van der Waals surface area (Å²) in [5.41, 5.74) is 1.23. The van der Waals surface area contributed by atoms with Gasteiger partial charge in [0.25, 0.3) is 0 Å². The lowest BCUT2D eigenvalue weighted by Gasteiger charge is -2.39. The summed E-state index contributed by atoms with van der Waals surface area (Å²) in [6.45, 7) is 7.68. The maximum absolute atomic E-state index is 12.7. The van der Waals surface area contributed by atoms with Crippen molar-refractivity contribution in [2.45, 2.75) is 77.1 Å². The summed E-state index contributed by atoms with van der Waals surface area (Å²) < 4.78 is 5.66. The second-order valence-corrected chi connectivity index (χ2v) is 9.78. The number of nitrogens with one attached hydrogen (secondary N) is 4. The number of ether oxygens (including phenoxy) is 1. The van der Waals surface area contributed by atoms with Crippen LogP contribution in [0.5, 0.6) is 0 Å². The third-order valence-electron chi connectivity index (χ3n) is 6.04. The Bertz CT molecular complexity index is 1120. The molecular weight excluding hydrogens is 408 g/mol. The number of H-pyrrole nitrogens is 2. The van der Waals surface area contributed by atoms with Crippen molar-refractivity contribution in [1.82, 2.24) is 30.0 Å². The third-order valence-corrected chi connectivity index (χ3v) is 6.04. The maximum atomic E-state index is 12.7. The number of aryl methyl sites for hydroxylation is 1. The molecule has 0 spiro atoms. The van der Waals surface area contributed by atoms with E-state index in [1.54, 1.807) is 0 Å². The van der Waals surface area contributed by atoms with E-state index in [2.05, 4.69) is 30.8 Å². The molecule has 2 aliphatic rings. The molecule has 170 valence electrons. The van der Waals surface area contributed by atoms with Crippen molar-refractivity contribution in [1.29, 1.82) is 0 Å². The average Bonchev–Trinajstić information content (AvgIpc) is 3.39. The van der Waals surface area contributed by atoms with Crippen LogP contribution in [-0.4, -0.2) is 59.9 Å². The summed E-state index contributed by atoms with van der Waals surface area (Å²) in [4.78, 5) is 27.2. The average molecular weight is 439 g/mol. The molecule has 32 heavy (non-hydrogen) atoms. The number of fused-ring (bicyclic) bond motifs is 3. The lowest BCUT2D eigenvalue weighted by atomic mass is 9.97. The van der Waals surface area contributed by atoms with Crippen LogP contribution >= 0.6 is 0 Å². The minimum atomic E-state index is -0.483. The number of hydrogen-bond acceptors (Lipinski definition) is 7. The summed E-state index contributed by atoms with van der Waals surface area (Å²) >= 11 is 0. The molecular formula is C22H30N8O2. The molecule has 3 atom stereocenters. The van der Waals surface area contributed by atoms with Gasteiger partial charge in [-0.15, -0.1) is 0 Å². The summed E-state index contributed by atoms with van der Waals surface area (Å²) in [5, 5.41) is 14.9. The first-order valence-corrected chi connectivity index (χ1v) is 11.2. The minimum Gasteiger partial charge on any atom is -0.444 e. The first-order chi connectivity index (χ1) is 15.2. The van der Waals surface area contributed by atoms with Gasteiger partial charge in [0.2, 0.25) is 5.95 Å². The highest BCUT2D eigenvalue weighted by molar-refractivity contribution is 5.88. The van der Waals surface area contributed by atoms with Gasteiger partial charge in [-0.3, -0.25) is 5.10 Å². The van der Waals surface area contributed by atoms with Gasteiger partial charge >= 0.3 is 6.09 Å². The van der Waals surface area contributed by atoms with Crippen LogP contribution in [-0.2, 0) is 4.74 Å². The Labute approximate surface area is 186 Å². The van der Waals surface area contributed by atoms with Gasteiger partial charge in [-0.05, 0) is 59.4 Å². The number of nitrogens with zero attached hydrogens (tertiary/aromatic N) is 4. The summed E-state index contributed by atoms with van der Waals surface area (Å²) in [6, 6.07) is 4.48. The Hall–Kier alpha value is -3.30. The number of aromatic nitrogens is 5. The van der Waals surface area contributed by atoms with E-state index in [9.17, 15) is 4.79 Å². The highest BCUT2D eigenvalue weighted by Gasteiger charge is 2.45. The molecule has 0 unspecified atom stereocenters. The number of amides is 1. The van der Waals surface area contributed by atoms with Crippen LogP contribution in [0.1, 0.15) is 52.1 Å². The molecule has 4 N–H and O–H groups in total. The zero-order valence-corrected chi connectivity index (χ0v) is 18.9. The van der Waals surface area contributed by atoms with E-state index in [-0.39, 0.29) is 24.2 Å². The van der Waals surface area contributed by atoms with E-state index >= 15 is 0 Å². The second-order valence-electron chi connectivity index (χ2n) is 9.78. The molecule has 2 bridgehead atoms. The van der Waals surface area contributed by atoms with Gasteiger partial charge in [0.1, 0.15) is 17.1 Å². The van der Waals surface area contributed by atoms with Crippen molar-refractivity contribution in [3.63, 3.8) is 0 Å². The van der Waals surface area contributed by atoms with E-state index in [1.807, 2.05) is 50.9 Å². The fourth-order valence-electron chi connectivity index (χ4n) is 4.80. The van der Waals surface area contributed by atoms with E-state index in [4.69, 9.17) is 9.72 Å². The van der Waals surface area contributed by atoms with Crippen molar-refractivity contribution in [2.24, 2.45) is 0 Å². The maximum Gasteiger partial charge on any atom is 0.410 e. The number of anilines is 3. The molecule has 10 nitrogen and oxygen atoms in total. The fraction of sp³-hybridized carbons (Fsp3) is 0.545. The second kappa shape index (κ2) is 7.68. The van der Waals surface area contributed by atoms with Crippen LogP contribution < -0.4 is 10.6 Å². The molecule has 0 aliphatic carbocycles. The molecule has 3 aromatic rings. The van der Waals surface area contributed by atoms with Crippen LogP contribution in [0.25, 0.3) is 11.0 Å². The van der Waals surface area contributed by atoms with Gasteiger partial charge < -0.3 is 25.3 Å². The third kappa shape index (κ3) is 4.09. The number of carbonyl (C=O) groups excluding carboxylic acids is 1. The molecule has 1 amide bonds. The molecule has 2 fully saturated rings. The van der Waals surface area contributed by atoms with Crippen molar-refractivity contribution in [2.75, 3.05) is 10.6 Å². The predicted molar refractivity (Wildman–Crippen MR) is 122 cm³/mol. The van der Waals surface area contributed by atoms with Gasteiger partial charge in [-0.25, -0.2) is 4.79 Å². The number of hydrogen-bond donors (Lipinski definition) is 4. The lowest BCUT2D eigenvalue weighted by molar-refractivity contribution is 0.00683. The molecule has 0 radical (unpaired) electrons. The molecule has 0 aromatic carbocycles. The van der Waals surface area contributed by atoms with Crippen LogP contribution in [0.15, 0.2) is 18.3 Å². The molecule has 5 heterocycles. The van der Waals surface area contributed by atoms with Crippen LogP contribution in [0, 0.1) is 6.92 Å². The Kier molecular flexibility index (Phi) is 4.94. The molecule has 2 saturated heterocycles. The van der Waals surface area contributed by atoms with E-state index < -0.39 is 5.60 Å². The van der Waals surface area contributed by atoms with Gasteiger partial charge in [0, 0.05) is 36.1 Å². The van der Waals surface area contributed by atoms with E-state index in [0.717, 1.165) is 48.2 Å². The minimum absolute atomic E-state index is 0.189. The number of aromatic amines is 2. The van der Waals surface area contributed by atoms with Crippen LogP contribution in [0.4, 0.5) is 22.4 Å². The summed E-state index contributed by atoms with van der Waals surface area (Å²) in [5.74, 6) is 1.92. The smallest absolute Gasteiger partial charge is 0.410 e. The van der Waals surface area contributed by atoms with Crippen molar-refractivity contribution in [3.8, 4) is 0 Å². The first-order valence-electron chi connectivity index (χ1n) is 11.2.